The average molecular weight is 387 g/mol. The number of rotatable bonds is 3. The van der Waals surface area contributed by atoms with Crippen molar-refractivity contribution in [2.45, 2.75) is 25.1 Å². The summed E-state index contributed by atoms with van der Waals surface area (Å²) in [6.07, 6.45) is -2.47. The molecule has 140 valence electrons. The summed E-state index contributed by atoms with van der Waals surface area (Å²) < 4.78 is 38.3. The lowest BCUT2D eigenvalue weighted by Gasteiger charge is -2.30. The number of phenols is 1. The highest BCUT2D eigenvalue weighted by molar-refractivity contribution is 6.33. The SMILES string of the molecule is CN1CCC[C@H](Nc2ccc(-c3c(O)cc(C(F)(F)F)cc3Cl)nn2)C1. The van der Waals surface area contributed by atoms with Crippen LogP contribution in [0.4, 0.5) is 19.0 Å². The normalized spacial score (nSPS) is 18.7. The topological polar surface area (TPSA) is 61.3 Å². The van der Waals surface area contributed by atoms with Crippen molar-refractivity contribution in [2.75, 3.05) is 25.5 Å². The van der Waals surface area contributed by atoms with Gasteiger partial charge in [-0.25, -0.2) is 0 Å². The second-order valence-corrected chi connectivity index (χ2v) is 6.81. The molecular formula is C17H18ClF3N4O. The molecule has 3 rings (SSSR count). The molecule has 1 fully saturated rings. The second-order valence-electron chi connectivity index (χ2n) is 6.40. The quantitative estimate of drug-likeness (QED) is 0.834. The van der Waals surface area contributed by atoms with Crippen LogP contribution in [-0.2, 0) is 6.18 Å². The summed E-state index contributed by atoms with van der Waals surface area (Å²) in [6.45, 7) is 1.96. The number of hydrogen-bond acceptors (Lipinski definition) is 5. The van der Waals surface area contributed by atoms with E-state index in [0.29, 0.717) is 11.9 Å². The Bertz CT molecular complexity index is 760. The molecule has 0 saturated carbocycles. The Morgan fingerprint density at radius 3 is 2.62 bits per heavy atom. The van der Waals surface area contributed by atoms with Gasteiger partial charge >= 0.3 is 6.18 Å². The van der Waals surface area contributed by atoms with E-state index in [4.69, 9.17) is 11.6 Å². The van der Waals surface area contributed by atoms with Crippen LogP contribution in [0.15, 0.2) is 24.3 Å². The van der Waals surface area contributed by atoms with E-state index in [1.165, 1.54) is 0 Å². The van der Waals surface area contributed by atoms with E-state index >= 15 is 0 Å². The van der Waals surface area contributed by atoms with Crippen LogP contribution in [0, 0.1) is 0 Å². The zero-order valence-corrected chi connectivity index (χ0v) is 14.8. The number of benzene rings is 1. The van der Waals surface area contributed by atoms with Gasteiger partial charge in [-0.15, -0.1) is 10.2 Å². The van der Waals surface area contributed by atoms with Crippen molar-refractivity contribution >= 4 is 17.4 Å². The summed E-state index contributed by atoms with van der Waals surface area (Å²) in [5.74, 6) is -0.0229. The van der Waals surface area contributed by atoms with E-state index in [1.807, 2.05) is 0 Å². The number of phenolic OH excluding ortho intramolecular Hbond substituents is 1. The number of anilines is 1. The highest BCUT2D eigenvalue weighted by atomic mass is 35.5. The van der Waals surface area contributed by atoms with Crippen molar-refractivity contribution in [2.24, 2.45) is 0 Å². The number of halogens is 4. The fraction of sp³-hybridized carbons (Fsp3) is 0.412. The van der Waals surface area contributed by atoms with E-state index in [1.54, 1.807) is 12.1 Å². The van der Waals surface area contributed by atoms with Crippen LogP contribution >= 0.6 is 11.6 Å². The molecule has 9 heteroatoms. The molecule has 1 aliphatic heterocycles. The molecule has 1 saturated heterocycles. The molecule has 1 atom stereocenters. The molecule has 2 N–H and O–H groups in total. The predicted octanol–water partition coefficient (Wildman–Crippen LogP) is 4.03. The highest BCUT2D eigenvalue weighted by Crippen LogP contribution is 2.40. The predicted molar refractivity (Wildman–Crippen MR) is 93.3 cm³/mol. The maximum atomic E-state index is 12.8. The highest BCUT2D eigenvalue weighted by Gasteiger charge is 2.32. The lowest BCUT2D eigenvalue weighted by Crippen LogP contribution is -2.39. The molecular weight excluding hydrogens is 369 g/mol. The second kappa shape index (κ2) is 7.28. The molecule has 26 heavy (non-hydrogen) atoms. The summed E-state index contributed by atoms with van der Waals surface area (Å²) in [6, 6.07) is 4.90. The van der Waals surface area contributed by atoms with Gasteiger partial charge in [-0.1, -0.05) is 11.6 Å². The van der Waals surface area contributed by atoms with Gasteiger partial charge in [0.15, 0.2) is 0 Å². The lowest BCUT2D eigenvalue weighted by molar-refractivity contribution is -0.137. The molecule has 0 unspecified atom stereocenters. The third-order valence-corrected chi connectivity index (χ3v) is 4.59. The molecule has 0 bridgehead atoms. The number of nitrogens with zero attached hydrogens (tertiary/aromatic N) is 3. The van der Waals surface area contributed by atoms with Gasteiger partial charge in [0.2, 0.25) is 0 Å². The molecule has 1 aliphatic rings. The lowest BCUT2D eigenvalue weighted by atomic mass is 10.1. The maximum Gasteiger partial charge on any atom is 0.416 e. The van der Waals surface area contributed by atoms with Gasteiger partial charge in [-0.3, -0.25) is 0 Å². The van der Waals surface area contributed by atoms with Crippen LogP contribution in [0.25, 0.3) is 11.3 Å². The molecule has 0 spiro atoms. The van der Waals surface area contributed by atoms with Gasteiger partial charge in [-0.05, 0) is 50.7 Å². The minimum Gasteiger partial charge on any atom is -0.507 e. The van der Waals surface area contributed by atoms with Crippen LogP contribution in [0.5, 0.6) is 5.75 Å². The fourth-order valence-electron chi connectivity index (χ4n) is 3.05. The van der Waals surface area contributed by atoms with E-state index in [0.717, 1.165) is 32.0 Å². The van der Waals surface area contributed by atoms with Gasteiger partial charge in [0, 0.05) is 12.6 Å². The van der Waals surface area contributed by atoms with Crippen LogP contribution in [0.1, 0.15) is 18.4 Å². The van der Waals surface area contributed by atoms with Crippen molar-refractivity contribution in [3.8, 4) is 17.0 Å². The molecule has 1 aromatic carbocycles. The number of aromatic nitrogens is 2. The molecule has 0 radical (unpaired) electrons. The Morgan fingerprint density at radius 2 is 2.04 bits per heavy atom. The standard InChI is InChI=1S/C17H18ClF3N4O/c1-25-6-2-3-11(9-25)22-15-5-4-13(23-24-15)16-12(18)7-10(8-14(16)26)17(19,20)21/h4-5,7-8,11,26H,2-3,6,9H2,1H3,(H,22,24)/t11-/m0/s1. The maximum absolute atomic E-state index is 12.8. The third kappa shape index (κ3) is 4.19. The number of likely N-dealkylation sites (tertiary alicyclic amines) is 1. The Labute approximate surface area is 153 Å². The number of alkyl halides is 3. The first-order valence-electron chi connectivity index (χ1n) is 8.13. The number of likely N-dealkylation sites (N-methyl/N-ethyl adjacent to an activating group) is 1. The van der Waals surface area contributed by atoms with Gasteiger partial charge < -0.3 is 15.3 Å². The Balaban J connectivity index is 1.80. The molecule has 1 aromatic heterocycles. The number of nitrogens with one attached hydrogen (secondary N) is 1. The van der Waals surface area contributed by atoms with E-state index in [9.17, 15) is 18.3 Å². The smallest absolute Gasteiger partial charge is 0.416 e. The molecule has 0 aliphatic carbocycles. The van der Waals surface area contributed by atoms with Crippen molar-refractivity contribution in [1.29, 1.82) is 0 Å². The van der Waals surface area contributed by atoms with Gasteiger partial charge in [-0.2, -0.15) is 13.2 Å². The van der Waals surface area contributed by atoms with Gasteiger partial charge in [0.25, 0.3) is 0 Å². The van der Waals surface area contributed by atoms with Crippen LogP contribution in [-0.4, -0.2) is 46.4 Å². The first kappa shape index (κ1) is 18.7. The van der Waals surface area contributed by atoms with Crippen molar-refractivity contribution in [1.82, 2.24) is 15.1 Å². The largest absolute Gasteiger partial charge is 0.507 e. The van der Waals surface area contributed by atoms with Gasteiger partial charge in [0.1, 0.15) is 11.6 Å². The Kier molecular flexibility index (Phi) is 5.24. The van der Waals surface area contributed by atoms with Crippen molar-refractivity contribution < 1.29 is 18.3 Å². The number of hydrogen-bond donors (Lipinski definition) is 2. The molecule has 2 aromatic rings. The summed E-state index contributed by atoms with van der Waals surface area (Å²) >= 11 is 5.94. The third-order valence-electron chi connectivity index (χ3n) is 4.29. The van der Waals surface area contributed by atoms with Gasteiger partial charge in [0.05, 0.1) is 21.8 Å². The summed E-state index contributed by atoms with van der Waals surface area (Å²) in [5, 5.41) is 21.1. The van der Waals surface area contributed by atoms with Crippen molar-refractivity contribution in [3.63, 3.8) is 0 Å². The first-order chi connectivity index (χ1) is 12.2. The molecule has 5 nitrogen and oxygen atoms in total. The summed E-state index contributed by atoms with van der Waals surface area (Å²) in [5.41, 5.74) is -0.792. The van der Waals surface area contributed by atoms with Crippen LogP contribution in [0.2, 0.25) is 5.02 Å². The average Bonchev–Trinajstić information content (AvgIpc) is 2.55. The molecule has 0 amide bonds. The van der Waals surface area contributed by atoms with Crippen molar-refractivity contribution in [3.05, 3.63) is 34.9 Å². The Morgan fingerprint density at radius 1 is 1.27 bits per heavy atom. The number of piperidine rings is 1. The molecule has 2 heterocycles. The zero-order chi connectivity index (χ0) is 18.9. The van der Waals surface area contributed by atoms with E-state index < -0.39 is 17.5 Å². The minimum absolute atomic E-state index is 0.0242. The summed E-state index contributed by atoms with van der Waals surface area (Å²) in [4.78, 5) is 2.23. The monoisotopic (exact) mass is 386 g/mol. The summed E-state index contributed by atoms with van der Waals surface area (Å²) in [7, 11) is 2.05. The first-order valence-corrected chi connectivity index (χ1v) is 8.50. The minimum atomic E-state index is -4.59. The van der Waals surface area contributed by atoms with E-state index in [2.05, 4.69) is 27.5 Å². The van der Waals surface area contributed by atoms with E-state index in [-0.39, 0.29) is 22.3 Å². The number of aromatic hydroxyl groups is 1. The fourth-order valence-corrected chi connectivity index (χ4v) is 3.36. The zero-order valence-electron chi connectivity index (χ0n) is 14.0. The van der Waals surface area contributed by atoms with Crippen LogP contribution in [0.3, 0.4) is 0 Å². The van der Waals surface area contributed by atoms with Crippen LogP contribution < -0.4 is 5.32 Å². The Hall–Kier alpha value is -2.06.